The quantitative estimate of drug-likeness (QED) is 0.217. The average Bonchev–Trinajstić information content (AvgIpc) is 2.96. The molecule has 2 aromatic carbocycles. The van der Waals surface area contributed by atoms with Gasteiger partial charge in [0.2, 0.25) is 0 Å². The fourth-order valence-corrected chi connectivity index (χ4v) is 12.4. The third-order valence-corrected chi connectivity index (χ3v) is 14.3. The van der Waals surface area contributed by atoms with Gasteiger partial charge in [-0.3, -0.25) is 0 Å². The molecule has 4 heteroatoms. The van der Waals surface area contributed by atoms with E-state index in [1.165, 1.54) is 47.4 Å². The summed E-state index contributed by atoms with van der Waals surface area (Å²) in [6.07, 6.45) is 25.7. The van der Waals surface area contributed by atoms with E-state index in [1.807, 2.05) is 47.1 Å². The van der Waals surface area contributed by atoms with Crippen LogP contribution in [0.3, 0.4) is 0 Å². The topological polar surface area (TPSA) is 0 Å². The van der Waals surface area contributed by atoms with Crippen LogP contribution in [0.25, 0.3) is 5.57 Å². The fourth-order valence-electron chi connectivity index (χ4n) is 6.73. The summed E-state index contributed by atoms with van der Waals surface area (Å²) < 4.78 is 1.92. The Labute approximate surface area is 240 Å². The zero-order valence-electron chi connectivity index (χ0n) is 22.3. The Kier molecular flexibility index (Phi) is 13.4. The normalized spacial score (nSPS) is 20.0. The van der Waals surface area contributed by atoms with Crippen molar-refractivity contribution in [2.75, 3.05) is 0 Å². The van der Waals surface area contributed by atoms with Gasteiger partial charge >= 0.3 is 121 Å². The van der Waals surface area contributed by atoms with Crippen molar-refractivity contribution >= 4 is 37.5 Å². The van der Waals surface area contributed by atoms with Crippen molar-refractivity contribution in [3.63, 3.8) is 0 Å². The maximum absolute atomic E-state index is 5.91. The van der Waals surface area contributed by atoms with Crippen LogP contribution >= 0.6 is 27.3 Å². The molecule has 0 aromatic heterocycles. The van der Waals surface area contributed by atoms with Crippen molar-refractivity contribution in [2.45, 2.75) is 113 Å². The van der Waals surface area contributed by atoms with E-state index in [2.05, 4.69) is 24.3 Å². The molecule has 3 fully saturated rings. The van der Waals surface area contributed by atoms with E-state index in [4.69, 9.17) is 19.4 Å². The molecule has 0 heterocycles. The summed E-state index contributed by atoms with van der Waals surface area (Å²) in [6.45, 7) is 0. The number of hydrogen-bond acceptors (Lipinski definition) is 0. The first-order valence-electron chi connectivity index (χ1n) is 14.6. The maximum atomic E-state index is 5.91. The predicted molar refractivity (Wildman–Crippen MR) is 165 cm³/mol. The molecule has 0 unspecified atom stereocenters. The van der Waals surface area contributed by atoms with Gasteiger partial charge < -0.3 is 0 Å². The summed E-state index contributed by atoms with van der Waals surface area (Å²) in [5.41, 5.74) is 7.06. The van der Waals surface area contributed by atoms with Gasteiger partial charge in [-0.05, 0) is 55.5 Å². The number of halogens is 2. The molecule has 0 aliphatic heterocycles. The molecule has 0 nitrogen and oxygen atoms in total. The molecule has 0 amide bonds. The second-order valence-electron chi connectivity index (χ2n) is 11.0. The molecule has 0 N–H and O–H groups in total. The van der Waals surface area contributed by atoms with Crippen molar-refractivity contribution in [3.8, 4) is 0 Å². The molecule has 5 rings (SSSR count). The van der Waals surface area contributed by atoms with Gasteiger partial charge in [-0.2, -0.15) is 0 Å². The Hall–Kier alpha value is -0.317. The van der Waals surface area contributed by atoms with E-state index >= 15 is 0 Å². The molecular formula is C33H45Cl2PRu. The molecule has 0 spiro atoms. The Bertz CT molecular complexity index is 868. The second-order valence-corrected chi connectivity index (χ2v) is 19.8. The van der Waals surface area contributed by atoms with Crippen LogP contribution in [-0.4, -0.2) is 21.6 Å². The Balaban J connectivity index is 0.000000173. The van der Waals surface area contributed by atoms with Crippen LogP contribution in [0.1, 0.15) is 107 Å². The second kappa shape index (κ2) is 16.7. The monoisotopic (exact) mass is 644 g/mol. The predicted octanol–water partition coefficient (Wildman–Crippen LogP) is 11.3. The van der Waals surface area contributed by atoms with E-state index in [-0.39, 0.29) is 0 Å². The minimum absolute atomic E-state index is 0.385. The van der Waals surface area contributed by atoms with E-state index in [0.29, 0.717) is 7.92 Å². The third-order valence-electron chi connectivity index (χ3n) is 8.47. The summed E-state index contributed by atoms with van der Waals surface area (Å²) in [5, 5.41) is 0. The zero-order valence-corrected chi connectivity index (χ0v) is 26.5. The average molecular weight is 645 g/mol. The van der Waals surface area contributed by atoms with Gasteiger partial charge in [0.1, 0.15) is 0 Å². The van der Waals surface area contributed by atoms with Crippen molar-refractivity contribution in [3.05, 3.63) is 77.9 Å². The van der Waals surface area contributed by atoms with Crippen LogP contribution in [0.2, 0.25) is 0 Å². The third kappa shape index (κ3) is 9.68. The Morgan fingerprint density at radius 1 is 0.568 bits per heavy atom. The van der Waals surface area contributed by atoms with Crippen LogP contribution in [0, 0.1) is 0 Å². The SMILES string of the molecule is C1CCC(P(C2CCCCC2)C2CCCCC2)CC1.[Cl][Ru]([Cl])=[CH]C=C(c1ccccc1)c1ccccc1. The molecule has 3 aliphatic rings. The van der Waals surface area contributed by atoms with E-state index < -0.39 is 13.5 Å². The molecule has 204 valence electrons. The minimum atomic E-state index is -1.77. The summed E-state index contributed by atoms with van der Waals surface area (Å²) in [5.74, 6) is 0. The van der Waals surface area contributed by atoms with E-state index in [9.17, 15) is 0 Å². The summed E-state index contributed by atoms with van der Waals surface area (Å²) >= 11 is -1.77. The molecule has 37 heavy (non-hydrogen) atoms. The van der Waals surface area contributed by atoms with Crippen LogP contribution < -0.4 is 0 Å². The number of allylic oxidation sites excluding steroid dienone is 1. The summed E-state index contributed by atoms with van der Waals surface area (Å²) in [4.78, 5) is 0. The van der Waals surface area contributed by atoms with Crippen LogP contribution in [0.5, 0.6) is 0 Å². The van der Waals surface area contributed by atoms with Gasteiger partial charge in [-0.15, -0.1) is 0 Å². The van der Waals surface area contributed by atoms with Crippen LogP contribution in [0.4, 0.5) is 0 Å². The first-order valence-corrected chi connectivity index (χ1v) is 21.7. The van der Waals surface area contributed by atoms with Gasteiger partial charge in [-0.1, -0.05) is 65.7 Å². The van der Waals surface area contributed by atoms with E-state index in [0.717, 1.165) is 5.57 Å². The molecule has 3 aliphatic carbocycles. The van der Waals surface area contributed by atoms with Gasteiger partial charge in [0.25, 0.3) is 0 Å². The van der Waals surface area contributed by atoms with Crippen LogP contribution in [-0.2, 0) is 13.5 Å². The molecule has 2 aromatic rings. The first kappa shape index (κ1) is 29.7. The van der Waals surface area contributed by atoms with E-state index in [1.54, 1.807) is 77.0 Å². The summed E-state index contributed by atoms with van der Waals surface area (Å²) in [7, 11) is 12.2. The number of hydrogen-bond donors (Lipinski definition) is 0. The van der Waals surface area contributed by atoms with Crippen molar-refractivity contribution in [2.24, 2.45) is 0 Å². The summed E-state index contributed by atoms with van der Waals surface area (Å²) in [6, 6.07) is 20.5. The Morgan fingerprint density at radius 2 is 0.919 bits per heavy atom. The Morgan fingerprint density at radius 3 is 1.24 bits per heavy atom. The van der Waals surface area contributed by atoms with Crippen molar-refractivity contribution in [1.29, 1.82) is 0 Å². The molecule has 3 saturated carbocycles. The van der Waals surface area contributed by atoms with Crippen LogP contribution in [0.15, 0.2) is 66.7 Å². The molecule has 0 saturated heterocycles. The molecule has 0 atom stereocenters. The van der Waals surface area contributed by atoms with Gasteiger partial charge in [0, 0.05) is 0 Å². The fraction of sp³-hybridized carbons (Fsp3) is 0.545. The zero-order chi connectivity index (χ0) is 25.7. The van der Waals surface area contributed by atoms with Gasteiger partial charge in [0.05, 0.1) is 0 Å². The molecular weight excluding hydrogens is 599 g/mol. The number of benzene rings is 2. The van der Waals surface area contributed by atoms with Gasteiger partial charge in [-0.25, -0.2) is 0 Å². The van der Waals surface area contributed by atoms with Crippen molar-refractivity contribution in [1.82, 2.24) is 0 Å². The standard InChI is InChI=1S/C18H33P.C15H12.2ClH.Ru/c1-4-10-16(11-5-1)19(17-12-6-2-7-13-17)18-14-8-3-9-15-18;1-2-15(13-9-5-3-6-10-13)14-11-7-4-8-12-14;;;/h16-18H,1-15H2;1-12H;2*1H;/q;;;;+2/p-2. The molecule has 0 radical (unpaired) electrons. The molecule has 0 bridgehead atoms. The number of rotatable bonds is 6. The van der Waals surface area contributed by atoms with Crippen molar-refractivity contribution < 1.29 is 13.5 Å². The first-order chi connectivity index (χ1) is 18.2. The van der Waals surface area contributed by atoms with Gasteiger partial charge in [0.15, 0.2) is 0 Å².